The highest BCUT2D eigenvalue weighted by atomic mass is 16.6. The number of anilines is 1. The zero-order chi connectivity index (χ0) is 21.8. The fourth-order valence-corrected chi connectivity index (χ4v) is 4.10. The van der Waals surface area contributed by atoms with Crippen LogP contribution in [0.4, 0.5) is 10.5 Å². The van der Waals surface area contributed by atoms with Gasteiger partial charge in [-0.1, -0.05) is 0 Å². The lowest BCUT2D eigenvalue weighted by Gasteiger charge is -2.31. The van der Waals surface area contributed by atoms with E-state index in [1.54, 1.807) is 12.4 Å². The first kappa shape index (κ1) is 21.6. The van der Waals surface area contributed by atoms with Crippen LogP contribution in [0.5, 0.6) is 5.75 Å². The molecule has 1 aliphatic carbocycles. The molecule has 1 aromatic heterocycles. The maximum atomic E-state index is 12.0. The second-order valence-corrected chi connectivity index (χ2v) is 9.21. The van der Waals surface area contributed by atoms with E-state index in [-0.39, 0.29) is 18.2 Å². The van der Waals surface area contributed by atoms with Crippen LogP contribution in [0.15, 0.2) is 24.5 Å². The highest BCUT2D eigenvalue weighted by Crippen LogP contribution is 2.33. The Morgan fingerprint density at radius 2 is 1.81 bits per heavy atom. The van der Waals surface area contributed by atoms with Crippen LogP contribution in [-0.2, 0) is 9.47 Å². The summed E-state index contributed by atoms with van der Waals surface area (Å²) in [6, 6.07) is 4.26. The van der Waals surface area contributed by atoms with Gasteiger partial charge in [0.05, 0.1) is 24.8 Å². The van der Waals surface area contributed by atoms with Crippen LogP contribution in [0.2, 0.25) is 0 Å². The number of ether oxygens (including phenoxy) is 3. The quantitative estimate of drug-likeness (QED) is 0.795. The van der Waals surface area contributed by atoms with Gasteiger partial charge in [0.1, 0.15) is 16.9 Å². The number of carbonyl (C=O) groups excluding carboxylic acids is 1. The van der Waals surface area contributed by atoms with Crippen LogP contribution in [0.3, 0.4) is 0 Å². The molecular formula is C23H32N4O4. The van der Waals surface area contributed by atoms with Crippen LogP contribution in [-0.4, -0.2) is 60.1 Å². The molecular weight excluding hydrogens is 396 g/mol. The van der Waals surface area contributed by atoms with Crippen molar-refractivity contribution in [1.29, 1.82) is 0 Å². The van der Waals surface area contributed by atoms with E-state index in [4.69, 9.17) is 14.2 Å². The average Bonchev–Trinajstić information content (AvgIpc) is 2.74. The lowest BCUT2D eigenvalue weighted by molar-refractivity contribution is 0.0471. The number of nitrogens with zero attached hydrogens (tertiary/aromatic N) is 3. The predicted octanol–water partition coefficient (Wildman–Crippen LogP) is 3.68. The van der Waals surface area contributed by atoms with Crippen molar-refractivity contribution >= 4 is 22.8 Å². The van der Waals surface area contributed by atoms with Gasteiger partial charge in [-0.25, -0.2) is 9.78 Å². The fourth-order valence-electron chi connectivity index (χ4n) is 4.10. The van der Waals surface area contributed by atoms with Crippen molar-refractivity contribution in [3.63, 3.8) is 0 Å². The zero-order valence-electron chi connectivity index (χ0n) is 18.6. The Bertz CT molecular complexity index is 900. The van der Waals surface area contributed by atoms with E-state index in [0.717, 1.165) is 74.5 Å². The van der Waals surface area contributed by atoms with Crippen molar-refractivity contribution in [2.75, 3.05) is 31.2 Å². The lowest BCUT2D eigenvalue weighted by Crippen LogP contribution is -2.42. The molecule has 0 unspecified atom stereocenters. The highest BCUT2D eigenvalue weighted by Gasteiger charge is 2.26. The molecule has 8 heteroatoms. The molecule has 0 radical (unpaired) electrons. The molecule has 168 valence electrons. The number of aromatic nitrogens is 2. The molecule has 1 aliphatic heterocycles. The molecule has 1 saturated carbocycles. The van der Waals surface area contributed by atoms with E-state index in [1.807, 2.05) is 20.8 Å². The van der Waals surface area contributed by atoms with Crippen molar-refractivity contribution < 1.29 is 19.0 Å². The summed E-state index contributed by atoms with van der Waals surface area (Å²) in [5.41, 5.74) is 2.22. The van der Waals surface area contributed by atoms with E-state index in [0.29, 0.717) is 0 Å². The molecule has 0 atom stereocenters. The predicted molar refractivity (Wildman–Crippen MR) is 119 cm³/mol. The van der Waals surface area contributed by atoms with Gasteiger partial charge < -0.3 is 24.4 Å². The standard InChI is InChI=1S/C23H32N4O4/c1-23(2,3)31-22(28)26-16-4-6-18(7-5-16)30-20-15-17(27-10-12-29-13-11-27)14-19-21(20)25-9-8-24-19/h8-9,14-16,18H,4-7,10-13H2,1-3H3,(H,26,28)/t16-,18+. The summed E-state index contributed by atoms with van der Waals surface area (Å²) in [6.45, 7) is 8.77. The zero-order valence-corrected chi connectivity index (χ0v) is 18.6. The van der Waals surface area contributed by atoms with Crippen molar-refractivity contribution in [3.05, 3.63) is 24.5 Å². The Morgan fingerprint density at radius 1 is 1.10 bits per heavy atom. The molecule has 8 nitrogen and oxygen atoms in total. The SMILES string of the molecule is CC(C)(C)OC(=O)N[C@H]1CC[C@@H](Oc2cc(N3CCOCC3)cc3nccnc23)CC1. The first-order chi connectivity index (χ1) is 14.9. The summed E-state index contributed by atoms with van der Waals surface area (Å²) in [6.07, 6.45) is 6.59. The Labute approximate surface area is 183 Å². The van der Waals surface area contributed by atoms with Crippen molar-refractivity contribution in [2.45, 2.75) is 64.2 Å². The van der Waals surface area contributed by atoms with Crippen LogP contribution in [0.25, 0.3) is 11.0 Å². The van der Waals surface area contributed by atoms with Gasteiger partial charge in [0.2, 0.25) is 0 Å². The topological polar surface area (TPSA) is 85.8 Å². The second-order valence-electron chi connectivity index (χ2n) is 9.21. The molecule has 1 N–H and O–H groups in total. The van der Waals surface area contributed by atoms with E-state index in [1.165, 1.54) is 0 Å². The van der Waals surface area contributed by atoms with Gasteiger partial charge in [-0.05, 0) is 52.5 Å². The van der Waals surface area contributed by atoms with Gasteiger partial charge in [-0.3, -0.25) is 4.98 Å². The Hall–Kier alpha value is -2.61. The Kier molecular flexibility index (Phi) is 6.46. The Balaban J connectivity index is 1.41. The van der Waals surface area contributed by atoms with E-state index in [2.05, 4.69) is 32.3 Å². The highest BCUT2D eigenvalue weighted by molar-refractivity contribution is 5.85. The summed E-state index contributed by atoms with van der Waals surface area (Å²) in [5, 5.41) is 2.98. The molecule has 2 heterocycles. The van der Waals surface area contributed by atoms with Crippen LogP contribution >= 0.6 is 0 Å². The number of morpholine rings is 1. The molecule has 0 bridgehead atoms. The minimum Gasteiger partial charge on any atom is -0.488 e. The van der Waals surface area contributed by atoms with Crippen LogP contribution in [0, 0.1) is 0 Å². The first-order valence-electron chi connectivity index (χ1n) is 11.1. The largest absolute Gasteiger partial charge is 0.488 e. The number of nitrogens with one attached hydrogen (secondary N) is 1. The Morgan fingerprint density at radius 3 is 2.52 bits per heavy atom. The number of rotatable bonds is 4. The summed E-state index contributed by atoms with van der Waals surface area (Å²) >= 11 is 0. The van der Waals surface area contributed by atoms with Gasteiger partial charge in [0, 0.05) is 43.3 Å². The summed E-state index contributed by atoms with van der Waals surface area (Å²) in [5.74, 6) is 0.774. The third-order valence-electron chi connectivity index (χ3n) is 5.59. The monoisotopic (exact) mass is 428 g/mol. The number of hydrogen-bond donors (Lipinski definition) is 1. The summed E-state index contributed by atoms with van der Waals surface area (Å²) in [7, 11) is 0. The van der Waals surface area contributed by atoms with Gasteiger partial charge in [0.15, 0.2) is 0 Å². The number of benzene rings is 1. The van der Waals surface area contributed by atoms with Gasteiger partial charge in [0.25, 0.3) is 0 Å². The van der Waals surface area contributed by atoms with Crippen LogP contribution in [0.1, 0.15) is 46.5 Å². The van der Waals surface area contributed by atoms with Gasteiger partial charge >= 0.3 is 6.09 Å². The third kappa shape index (κ3) is 5.76. The molecule has 1 aromatic carbocycles. The van der Waals surface area contributed by atoms with Crippen molar-refractivity contribution in [1.82, 2.24) is 15.3 Å². The second kappa shape index (κ2) is 9.26. The molecule has 1 saturated heterocycles. The molecule has 31 heavy (non-hydrogen) atoms. The third-order valence-corrected chi connectivity index (χ3v) is 5.59. The van der Waals surface area contributed by atoms with E-state index in [9.17, 15) is 4.79 Å². The molecule has 2 aromatic rings. The molecule has 4 rings (SSSR count). The summed E-state index contributed by atoms with van der Waals surface area (Å²) < 4.78 is 17.3. The maximum absolute atomic E-state index is 12.0. The van der Waals surface area contributed by atoms with Gasteiger partial charge in [-0.2, -0.15) is 0 Å². The van der Waals surface area contributed by atoms with Crippen molar-refractivity contribution in [3.8, 4) is 5.75 Å². The average molecular weight is 429 g/mol. The molecule has 0 spiro atoms. The number of hydrogen-bond acceptors (Lipinski definition) is 7. The number of alkyl carbamates (subject to hydrolysis) is 1. The summed E-state index contributed by atoms with van der Waals surface area (Å²) in [4.78, 5) is 23.4. The van der Waals surface area contributed by atoms with E-state index < -0.39 is 5.60 Å². The number of carbonyl (C=O) groups is 1. The van der Waals surface area contributed by atoms with Gasteiger partial charge in [-0.15, -0.1) is 0 Å². The van der Waals surface area contributed by atoms with Crippen molar-refractivity contribution in [2.24, 2.45) is 0 Å². The number of amides is 1. The minimum absolute atomic E-state index is 0.0850. The van der Waals surface area contributed by atoms with Crippen LogP contribution < -0.4 is 15.0 Å². The first-order valence-corrected chi connectivity index (χ1v) is 11.1. The normalized spacial score (nSPS) is 22.2. The molecule has 2 fully saturated rings. The molecule has 1 amide bonds. The number of fused-ring (bicyclic) bond motifs is 1. The molecule has 2 aliphatic rings. The lowest BCUT2D eigenvalue weighted by atomic mass is 9.93. The fraction of sp³-hybridized carbons (Fsp3) is 0.609. The maximum Gasteiger partial charge on any atom is 0.407 e. The smallest absolute Gasteiger partial charge is 0.407 e. The van der Waals surface area contributed by atoms with E-state index >= 15 is 0 Å². The minimum atomic E-state index is -0.488.